The van der Waals surface area contributed by atoms with E-state index in [1.165, 1.54) is 6.07 Å². The molecule has 0 unspecified atom stereocenters. The Balaban J connectivity index is 2.54. The number of nitrogens with zero attached hydrogens (tertiary/aromatic N) is 1. The summed E-state index contributed by atoms with van der Waals surface area (Å²) in [5, 5.41) is 14.1. The number of ether oxygens (including phenoxy) is 1. The van der Waals surface area contributed by atoms with Gasteiger partial charge in [0, 0.05) is 18.7 Å². The van der Waals surface area contributed by atoms with E-state index in [9.17, 15) is 10.1 Å². The zero-order chi connectivity index (χ0) is 13.5. The van der Waals surface area contributed by atoms with Crippen molar-refractivity contribution in [2.45, 2.75) is 33.2 Å². The lowest BCUT2D eigenvalue weighted by Crippen LogP contribution is -2.29. The first-order valence-corrected chi connectivity index (χ1v) is 6.15. The maximum Gasteiger partial charge on any atom is 0.311 e. The fourth-order valence-corrected chi connectivity index (χ4v) is 1.50. The first-order valence-electron chi connectivity index (χ1n) is 6.15. The molecule has 0 bridgehead atoms. The van der Waals surface area contributed by atoms with Gasteiger partial charge in [0.1, 0.15) is 6.61 Å². The zero-order valence-corrected chi connectivity index (χ0v) is 11.1. The van der Waals surface area contributed by atoms with Crippen LogP contribution in [-0.2, 0) is 0 Å². The van der Waals surface area contributed by atoms with Crippen LogP contribution in [0.3, 0.4) is 0 Å². The highest BCUT2D eigenvalue weighted by Crippen LogP contribution is 2.27. The number of hydrogen-bond donors (Lipinski definition) is 1. The topological polar surface area (TPSA) is 64.4 Å². The van der Waals surface area contributed by atoms with Crippen molar-refractivity contribution >= 4 is 5.69 Å². The summed E-state index contributed by atoms with van der Waals surface area (Å²) in [4.78, 5) is 10.5. The first-order chi connectivity index (χ1) is 8.54. The summed E-state index contributed by atoms with van der Waals surface area (Å²) < 4.78 is 5.44. The summed E-state index contributed by atoms with van der Waals surface area (Å²) in [6.07, 6.45) is 1.05. The number of nitrogens with one attached hydrogen (secondary N) is 1. The molecular weight excluding hydrogens is 232 g/mol. The average molecular weight is 252 g/mol. The van der Waals surface area contributed by atoms with E-state index in [2.05, 4.69) is 19.2 Å². The van der Waals surface area contributed by atoms with Gasteiger partial charge in [0.15, 0.2) is 5.75 Å². The number of benzene rings is 1. The predicted molar refractivity (Wildman–Crippen MR) is 71.1 cm³/mol. The van der Waals surface area contributed by atoms with Crippen LogP contribution in [0.5, 0.6) is 5.75 Å². The summed E-state index contributed by atoms with van der Waals surface area (Å²) >= 11 is 0. The highest BCUT2D eigenvalue weighted by atomic mass is 16.6. The van der Waals surface area contributed by atoms with Crippen LogP contribution in [0.15, 0.2) is 18.2 Å². The molecule has 1 N–H and O–H groups in total. The van der Waals surface area contributed by atoms with Crippen LogP contribution in [0.2, 0.25) is 0 Å². The number of rotatable bonds is 7. The van der Waals surface area contributed by atoms with Gasteiger partial charge in [-0.05, 0) is 31.9 Å². The minimum absolute atomic E-state index is 0.0264. The van der Waals surface area contributed by atoms with Crippen molar-refractivity contribution in [2.24, 2.45) is 0 Å². The Hall–Kier alpha value is -1.62. The molecule has 0 aliphatic rings. The van der Waals surface area contributed by atoms with Gasteiger partial charge in [-0.1, -0.05) is 13.0 Å². The summed E-state index contributed by atoms with van der Waals surface area (Å²) in [5.74, 6) is 0.330. The fraction of sp³-hybridized carbons (Fsp3) is 0.538. The molecule has 18 heavy (non-hydrogen) atoms. The van der Waals surface area contributed by atoms with E-state index in [1.807, 2.05) is 13.0 Å². The van der Waals surface area contributed by atoms with Crippen molar-refractivity contribution < 1.29 is 9.66 Å². The van der Waals surface area contributed by atoms with Gasteiger partial charge in [-0.3, -0.25) is 10.1 Å². The van der Waals surface area contributed by atoms with Crippen LogP contribution >= 0.6 is 0 Å². The largest absolute Gasteiger partial charge is 0.485 e. The maximum absolute atomic E-state index is 10.9. The Kier molecular flexibility index (Phi) is 5.58. The first kappa shape index (κ1) is 14.4. The van der Waals surface area contributed by atoms with Gasteiger partial charge in [0.2, 0.25) is 0 Å². The van der Waals surface area contributed by atoms with Crippen molar-refractivity contribution in [1.82, 2.24) is 5.32 Å². The van der Waals surface area contributed by atoms with E-state index in [1.54, 1.807) is 6.07 Å². The average Bonchev–Trinajstić information content (AvgIpc) is 2.35. The molecule has 1 aromatic carbocycles. The lowest BCUT2D eigenvalue weighted by molar-refractivity contribution is -0.385. The lowest BCUT2D eigenvalue weighted by atomic mass is 10.2. The van der Waals surface area contributed by atoms with Crippen LogP contribution in [0.1, 0.15) is 25.8 Å². The molecule has 0 spiro atoms. The Bertz CT molecular complexity index is 407. The van der Waals surface area contributed by atoms with Crippen LogP contribution < -0.4 is 10.1 Å². The van der Waals surface area contributed by atoms with Crippen LogP contribution in [0.4, 0.5) is 5.69 Å². The van der Waals surface area contributed by atoms with E-state index in [0.717, 1.165) is 12.0 Å². The fourth-order valence-electron chi connectivity index (χ4n) is 1.50. The van der Waals surface area contributed by atoms with Crippen molar-refractivity contribution in [3.63, 3.8) is 0 Å². The Morgan fingerprint density at radius 1 is 1.50 bits per heavy atom. The van der Waals surface area contributed by atoms with Gasteiger partial charge in [-0.25, -0.2) is 0 Å². The summed E-state index contributed by atoms with van der Waals surface area (Å²) in [7, 11) is 0. The molecule has 0 aliphatic carbocycles. The standard InChI is InChI=1S/C13H20N2O3/c1-4-11(3)14-7-8-18-13-6-5-10(2)9-12(13)15(16)17/h5-6,9,11,14H,4,7-8H2,1-3H3/t11-/m1/s1. The third kappa shape index (κ3) is 4.33. The van der Waals surface area contributed by atoms with Gasteiger partial charge in [0.05, 0.1) is 4.92 Å². The lowest BCUT2D eigenvalue weighted by Gasteiger charge is -2.12. The molecule has 1 atom stereocenters. The van der Waals surface area contributed by atoms with Gasteiger partial charge >= 0.3 is 5.69 Å². The number of aryl methyl sites for hydroxylation is 1. The van der Waals surface area contributed by atoms with Crippen molar-refractivity contribution in [2.75, 3.05) is 13.2 Å². The van der Waals surface area contributed by atoms with Gasteiger partial charge < -0.3 is 10.1 Å². The molecule has 1 rings (SSSR count). The molecule has 0 radical (unpaired) electrons. The molecule has 5 heteroatoms. The van der Waals surface area contributed by atoms with E-state index in [-0.39, 0.29) is 5.69 Å². The monoisotopic (exact) mass is 252 g/mol. The Morgan fingerprint density at radius 2 is 2.22 bits per heavy atom. The second kappa shape index (κ2) is 6.96. The van der Waals surface area contributed by atoms with Gasteiger partial charge in [-0.2, -0.15) is 0 Å². The smallest absolute Gasteiger partial charge is 0.311 e. The van der Waals surface area contributed by atoms with Gasteiger partial charge in [-0.15, -0.1) is 0 Å². The van der Waals surface area contributed by atoms with Gasteiger partial charge in [0.25, 0.3) is 0 Å². The van der Waals surface area contributed by atoms with E-state index in [0.29, 0.717) is 24.9 Å². The second-order valence-corrected chi connectivity index (χ2v) is 4.34. The molecule has 0 fully saturated rings. The van der Waals surface area contributed by atoms with Crippen molar-refractivity contribution in [1.29, 1.82) is 0 Å². The minimum atomic E-state index is -0.412. The summed E-state index contributed by atoms with van der Waals surface area (Å²) in [6, 6.07) is 5.42. The molecule has 1 aromatic rings. The zero-order valence-electron chi connectivity index (χ0n) is 11.1. The van der Waals surface area contributed by atoms with Crippen LogP contribution in [0, 0.1) is 17.0 Å². The molecule has 0 saturated heterocycles. The maximum atomic E-state index is 10.9. The van der Waals surface area contributed by atoms with Crippen molar-refractivity contribution in [3.8, 4) is 5.75 Å². The molecule has 100 valence electrons. The summed E-state index contributed by atoms with van der Waals surface area (Å²) in [6.45, 7) is 7.12. The van der Waals surface area contributed by atoms with Crippen molar-refractivity contribution in [3.05, 3.63) is 33.9 Å². The SMILES string of the molecule is CC[C@@H](C)NCCOc1ccc(C)cc1[N+](=O)[O-]. The predicted octanol–water partition coefficient (Wildman–Crippen LogP) is 2.67. The van der Waals surface area contributed by atoms with E-state index < -0.39 is 4.92 Å². The van der Waals surface area contributed by atoms with E-state index in [4.69, 9.17) is 4.74 Å². The number of hydrogen-bond acceptors (Lipinski definition) is 4. The molecule has 0 amide bonds. The molecule has 0 aliphatic heterocycles. The quantitative estimate of drug-likeness (QED) is 0.460. The van der Waals surface area contributed by atoms with E-state index >= 15 is 0 Å². The molecular formula is C13H20N2O3. The van der Waals surface area contributed by atoms with Crippen LogP contribution in [0.25, 0.3) is 0 Å². The third-order valence-electron chi connectivity index (χ3n) is 2.78. The molecule has 5 nitrogen and oxygen atoms in total. The number of nitro groups is 1. The highest BCUT2D eigenvalue weighted by Gasteiger charge is 2.14. The second-order valence-electron chi connectivity index (χ2n) is 4.34. The number of nitro benzene ring substituents is 1. The Morgan fingerprint density at radius 3 is 2.83 bits per heavy atom. The normalized spacial score (nSPS) is 12.2. The summed E-state index contributed by atoms with van der Waals surface area (Å²) in [5.41, 5.74) is 0.880. The highest BCUT2D eigenvalue weighted by molar-refractivity contribution is 5.48. The molecule has 0 aromatic heterocycles. The minimum Gasteiger partial charge on any atom is -0.485 e. The molecule has 0 heterocycles. The Labute approximate surface area is 107 Å². The molecule has 0 saturated carbocycles. The third-order valence-corrected chi connectivity index (χ3v) is 2.78. The van der Waals surface area contributed by atoms with Crippen LogP contribution in [-0.4, -0.2) is 24.1 Å².